The second-order valence-electron chi connectivity index (χ2n) is 3.32. The van der Waals surface area contributed by atoms with Crippen molar-refractivity contribution in [2.75, 3.05) is 19.8 Å². The molecule has 1 fully saturated rings. The Bertz CT molecular complexity index is 185. The molecule has 2 atom stereocenters. The Hall–Kier alpha value is -0.380. The first kappa shape index (κ1) is 8.23. The minimum absolute atomic E-state index is 0.135. The highest BCUT2D eigenvalue weighted by Gasteiger charge is 2.25. The topological polar surface area (TPSA) is 44.5 Å². The number of allylic oxidation sites excluding steroid dienone is 1. The number of nitrogens with two attached hydrogens (primary N) is 1. The van der Waals surface area contributed by atoms with E-state index >= 15 is 0 Å². The fraction of sp³-hybridized carbons (Fsp3) is 0.778. The quantitative estimate of drug-likeness (QED) is 0.580. The highest BCUT2D eigenvalue weighted by atomic mass is 16.6. The lowest BCUT2D eigenvalue weighted by atomic mass is 10.1. The van der Waals surface area contributed by atoms with E-state index in [2.05, 4.69) is 6.08 Å². The van der Waals surface area contributed by atoms with Gasteiger partial charge in [-0.2, -0.15) is 0 Å². The summed E-state index contributed by atoms with van der Waals surface area (Å²) < 4.78 is 10.9. The molecule has 2 rings (SSSR count). The zero-order chi connectivity index (χ0) is 8.39. The van der Waals surface area contributed by atoms with Gasteiger partial charge in [-0.05, 0) is 18.4 Å². The molecule has 0 amide bonds. The highest BCUT2D eigenvalue weighted by molar-refractivity contribution is 5.20. The van der Waals surface area contributed by atoms with Crippen LogP contribution in [0, 0.1) is 0 Å². The fourth-order valence-corrected chi connectivity index (χ4v) is 1.80. The molecule has 0 aromatic rings. The largest absolute Gasteiger partial charge is 0.376 e. The molecule has 1 saturated heterocycles. The maximum Gasteiger partial charge on any atom is 0.103 e. The van der Waals surface area contributed by atoms with Crippen LogP contribution in [0.4, 0.5) is 0 Å². The van der Waals surface area contributed by atoms with Gasteiger partial charge >= 0.3 is 0 Å². The number of hydrogen-bond donors (Lipinski definition) is 1. The predicted octanol–water partition coefficient (Wildman–Crippen LogP) is 0.449. The first-order valence-corrected chi connectivity index (χ1v) is 4.53. The normalized spacial score (nSPS) is 36.6. The maximum absolute atomic E-state index is 5.91. The van der Waals surface area contributed by atoms with Gasteiger partial charge in [-0.25, -0.2) is 0 Å². The molecule has 0 spiro atoms. The molecular weight excluding hydrogens is 154 g/mol. The summed E-state index contributed by atoms with van der Waals surface area (Å²) in [5.74, 6) is 0. The summed E-state index contributed by atoms with van der Waals surface area (Å²) in [6.07, 6.45) is 4.49. The number of ether oxygens (including phenoxy) is 2. The van der Waals surface area contributed by atoms with E-state index < -0.39 is 0 Å². The minimum Gasteiger partial charge on any atom is -0.376 e. The van der Waals surface area contributed by atoms with Crippen molar-refractivity contribution in [2.45, 2.75) is 25.0 Å². The van der Waals surface area contributed by atoms with Gasteiger partial charge in [0.1, 0.15) is 6.10 Å². The lowest BCUT2D eigenvalue weighted by Gasteiger charge is -2.26. The number of hydrogen-bond acceptors (Lipinski definition) is 3. The van der Waals surface area contributed by atoms with Crippen LogP contribution in [0.5, 0.6) is 0 Å². The molecule has 1 aliphatic heterocycles. The molecule has 1 heterocycles. The van der Waals surface area contributed by atoms with Crippen LogP contribution in [-0.4, -0.2) is 32.0 Å². The molecule has 0 bridgehead atoms. The Morgan fingerprint density at radius 3 is 2.92 bits per heavy atom. The first-order chi connectivity index (χ1) is 5.88. The van der Waals surface area contributed by atoms with Crippen LogP contribution in [0.3, 0.4) is 0 Å². The third-order valence-electron chi connectivity index (χ3n) is 2.47. The molecular formula is C9H15NO2. The van der Waals surface area contributed by atoms with Crippen molar-refractivity contribution in [1.29, 1.82) is 0 Å². The monoisotopic (exact) mass is 169 g/mol. The van der Waals surface area contributed by atoms with Crippen LogP contribution in [0.1, 0.15) is 12.8 Å². The smallest absolute Gasteiger partial charge is 0.103 e. The third kappa shape index (κ3) is 1.53. The molecule has 12 heavy (non-hydrogen) atoms. The standard InChI is InChI=1S/C9H15NO2/c10-8-3-1-2-7(8)9-6-11-4-5-12-9/h2,8-9H,1,3-6,10H2. The molecule has 0 saturated carbocycles. The van der Waals surface area contributed by atoms with Gasteiger partial charge in [0.25, 0.3) is 0 Å². The predicted molar refractivity (Wildman–Crippen MR) is 45.9 cm³/mol. The van der Waals surface area contributed by atoms with E-state index in [1.807, 2.05) is 0 Å². The summed E-state index contributed by atoms with van der Waals surface area (Å²) in [5.41, 5.74) is 7.15. The maximum atomic E-state index is 5.91. The van der Waals surface area contributed by atoms with Crippen molar-refractivity contribution in [1.82, 2.24) is 0 Å². The SMILES string of the molecule is NC1CCC=C1C1COCCO1. The van der Waals surface area contributed by atoms with Crippen LogP contribution in [-0.2, 0) is 9.47 Å². The first-order valence-electron chi connectivity index (χ1n) is 4.53. The molecule has 3 heteroatoms. The lowest BCUT2D eigenvalue weighted by molar-refractivity contribution is -0.0735. The molecule has 68 valence electrons. The lowest BCUT2D eigenvalue weighted by Crippen LogP contribution is -2.35. The van der Waals surface area contributed by atoms with Crippen molar-refractivity contribution >= 4 is 0 Å². The van der Waals surface area contributed by atoms with Gasteiger partial charge < -0.3 is 15.2 Å². The highest BCUT2D eigenvalue weighted by Crippen LogP contribution is 2.23. The second-order valence-corrected chi connectivity index (χ2v) is 3.32. The summed E-state index contributed by atoms with van der Waals surface area (Å²) in [7, 11) is 0. The van der Waals surface area contributed by atoms with Crippen molar-refractivity contribution < 1.29 is 9.47 Å². The van der Waals surface area contributed by atoms with Gasteiger partial charge in [-0.1, -0.05) is 6.08 Å². The molecule has 0 aromatic carbocycles. The minimum atomic E-state index is 0.135. The third-order valence-corrected chi connectivity index (χ3v) is 2.47. The van der Waals surface area contributed by atoms with E-state index in [4.69, 9.17) is 15.2 Å². The van der Waals surface area contributed by atoms with Crippen molar-refractivity contribution in [3.8, 4) is 0 Å². The van der Waals surface area contributed by atoms with Crippen LogP contribution >= 0.6 is 0 Å². The Morgan fingerprint density at radius 1 is 1.42 bits per heavy atom. The van der Waals surface area contributed by atoms with Crippen molar-refractivity contribution in [2.24, 2.45) is 5.73 Å². The van der Waals surface area contributed by atoms with Gasteiger partial charge in [0, 0.05) is 6.04 Å². The van der Waals surface area contributed by atoms with E-state index in [1.165, 1.54) is 5.57 Å². The molecule has 3 nitrogen and oxygen atoms in total. The van der Waals surface area contributed by atoms with Gasteiger partial charge in [0.2, 0.25) is 0 Å². The van der Waals surface area contributed by atoms with Crippen LogP contribution in [0.25, 0.3) is 0 Å². The Labute approximate surface area is 72.5 Å². The molecule has 2 aliphatic rings. The summed E-state index contributed by atoms with van der Waals surface area (Å²) in [6, 6.07) is 0.205. The van der Waals surface area contributed by atoms with Gasteiger partial charge in [0.05, 0.1) is 19.8 Å². The summed E-state index contributed by atoms with van der Waals surface area (Å²) in [4.78, 5) is 0. The van der Waals surface area contributed by atoms with Crippen molar-refractivity contribution in [3.05, 3.63) is 11.6 Å². The second kappa shape index (κ2) is 3.56. The fourth-order valence-electron chi connectivity index (χ4n) is 1.80. The molecule has 0 aromatic heterocycles. The van der Waals surface area contributed by atoms with E-state index in [0.717, 1.165) is 19.4 Å². The summed E-state index contributed by atoms with van der Waals surface area (Å²) >= 11 is 0. The zero-order valence-electron chi connectivity index (χ0n) is 7.16. The average molecular weight is 169 g/mol. The van der Waals surface area contributed by atoms with Gasteiger partial charge in [-0.15, -0.1) is 0 Å². The summed E-state index contributed by atoms with van der Waals surface area (Å²) in [5, 5.41) is 0. The van der Waals surface area contributed by atoms with E-state index in [0.29, 0.717) is 13.2 Å². The molecule has 0 radical (unpaired) electrons. The molecule has 2 N–H and O–H groups in total. The molecule has 1 aliphatic carbocycles. The van der Waals surface area contributed by atoms with Gasteiger partial charge in [-0.3, -0.25) is 0 Å². The average Bonchev–Trinajstić information content (AvgIpc) is 2.53. The summed E-state index contributed by atoms with van der Waals surface area (Å²) in [6.45, 7) is 2.10. The van der Waals surface area contributed by atoms with E-state index in [9.17, 15) is 0 Å². The van der Waals surface area contributed by atoms with E-state index in [1.54, 1.807) is 0 Å². The van der Waals surface area contributed by atoms with E-state index in [-0.39, 0.29) is 12.1 Å². The Balaban J connectivity index is 1.97. The van der Waals surface area contributed by atoms with Crippen LogP contribution in [0.2, 0.25) is 0 Å². The van der Waals surface area contributed by atoms with Crippen LogP contribution in [0.15, 0.2) is 11.6 Å². The van der Waals surface area contributed by atoms with Crippen molar-refractivity contribution in [3.63, 3.8) is 0 Å². The van der Waals surface area contributed by atoms with Crippen LogP contribution < -0.4 is 5.73 Å². The zero-order valence-corrected chi connectivity index (χ0v) is 7.16. The number of rotatable bonds is 1. The Morgan fingerprint density at radius 2 is 2.33 bits per heavy atom. The van der Waals surface area contributed by atoms with Gasteiger partial charge in [0.15, 0.2) is 0 Å². The Kier molecular flexibility index (Phi) is 2.44. The molecule has 2 unspecified atom stereocenters.